The summed E-state index contributed by atoms with van der Waals surface area (Å²) in [5, 5.41) is 16.5. The van der Waals surface area contributed by atoms with E-state index in [0.717, 1.165) is 36.1 Å². The predicted molar refractivity (Wildman–Crippen MR) is 138 cm³/mol. The lowest BCUT2D eigenvalue weighted by Gasteiger charge is -2.13. The highest BCUT2D eigenvalue weighted by Crippen LogP contribution is 2.38. The van der Waals surface area contributed by atoms with Crippen LogP contribution in [0.3, 0.4) is 0 Å². The standard InChI is InChI=1S/C26H26N4O5S/c1-15(24(33)30-28-14-16-6-10-18(31)11-7-16)35-19-12-8-17(9-13-19)25(34)29-26-22(23(27)32)20-4-2-3-5-21(20)36-26/h6-15,31H,2-5H2,1H3,(H2,27,32)(H,29,34)(H,30,33)/b28-14+. The van der Waals surface area contributed by atoms with Gasteiger partial charge in [0.25, 0.3) is 17.7 Å². The van der Waals surface area contributed by atoms with Gasteiger partial charge in [0.05, 0.1) is 11.8 Å². The molecule has 1 aromatic heterocycles. The summed E-state index contributed by atoms with van der Waals surface area (Å²) >= 11 is 1.41. The lowest BCUT2D eigenvalue weighted by molar-refractivity contribution is -0.127. The number of benzene rings is 2. The third-order valence-electron chi connectivity index (χ3n) is 5.72. The van der Waals surface area contributed by atoms with Crippen molar-refractivity contribution >= 4 is 40.3 Å². The Bertz CT molecular complexity index is 1300. The van der Waals surface area contributed by atoms with Crippen molar-refractivity contribution in [3.8, 4) is 11.5 Å². The summed E-state index contributed by atoms with van der Waals surface area (Å²) in [6, 6.07) is 12.7. The van der Waals surface area contributed by atoms with Crippen LogP contribution in [0.1, 0.15) is 56.5 Å². The molecule has 4 rings (SSSR count). The number of carbonyl (C=O) groups is 3. The number of hydrazone groups is 1. The number of nitrogens with zero attached hydrogens (tertiary/aromatic N) is 1. The second-order valence-corrected chi connectivity index (χ2v) is 9.45. The van der Waals surface area contributed by atoms with Gasteiger partial charge < -0.3 is 20.9 Å². The Morgan fingerprint density at radius 1 is 1.08 bits per heavy atom. The van der Waals surface area contributed by atoms with Crippen LogP contribution < -0.4 is 21.2 Å². The molecule has 9 nitrogen and oxygen atoms in total. The van der Waals surface area contributed by atoms with Crippen LogP contribution in [-0.2, 0) is 17.6 Å². The summed E-state index contributed by atoms with van der Waals surface area (Å²) in [5.41, 5.74) is 10.5. The molecule has 0 radical (unpaired) electrons. The van der Waals surface area contributed by atoms with Crippen LogP contribution in [0.25, 0.3) is 0 Å². The fourth-order valence-electron chi connectivity index (χ4n) is 3.85. The predicted octanol–water partition coefficient (Wildman–Crippen LogP) is 3.60. The monoisotopic (exact) mass is 506 g/mol. The van der Waals surface area contributed by atoms with Gasteiger partial charge >= 0.3 is 0 Å². The van der Waals surface area contributed by atoms with Gasteiger partial charge in [0.1, 0.15) is 16.5 Å². The molecule has 0 saturated carbocycles. The third kappa shape index (κ3) is 5.89. The number of anilines is 1. The van der Waals surface area contributed by atoms with Crippen molar-refractivity contribution in [2.24, 2.45) is 10.8 Å². The number of thiophene rings is 1. The zero-order valence-corrected chi connectivity index (χ0v) is 20.4. The highest BCUT2D eigenvalue weighted by atomic mass is 32.1. The number of phenolic OH excluding ortho intramolecular Hbond substituents is 1. The molecule has 1 heterocycles. The molecule has 1 aliphatic rings. The van der Waals surface area contributed by atoms with Crippen molar-refractivity contribution in [2.45, 2.75) is 38.7 Å². The number of aromatic hydroxyl groups is 1. The first kappa shape index (κ1) is 24.9. The Labute approximate surface area is 212 Å². The minimum atomic E-state index is -0.836. The van der Waals surface area contributed by atoms with Gasteiger partial charge in [0, 0.05) is 10.4 Å². The number of carbonyl (C=O) groups excluding carboxylic acids is 3. The number of phenols is 1. The van der Waals surface area contributed by atoms with Crippen LogP contribution in [0.2, 0.25) is 0 Å². The van der Waals surface area contributed by atoms with E-state index >= 15 is 0 Å². The second kappa shape index (κ2) is 11.0. The van der Waals surface area contributed by atoms with Crippen molar-refractivity contribution < 1.29 is 24.2 Å². The average Bonchev–Trinajstić information content (AvgIpc) is 3.23. The number of fused-ring (bicyclic) bond motifs is 1. The van der Waals surface area contributed by atoms with Gasteiger partial charge in [-0.3, -0.25) is 14.4 Å². The third-order valence-corrected chi connectivity index (χ3v) is 6.93. The largest absolute Gasteiger partial charge is 0.508 e. The van der Waals surface area contributed by atoms with E-state index in [1.165, 1.54) is 29.7 Å². The van der Waals surface area contributed by atoms with Gasteiger partial charge in [-0.15, -0.1) is 11.3 Å². The zero-order chi connectivity index (χ0) is 25.7. The number of aryl methyl sites for hydroxylation is 1. The summed E-state index contributed by atoms with van der Waals surface area (Å²) in [5.74, 6) is -0.805. The van der Waals surface area contributed by atoms with Gasteiger partial charge in [-0.2, -0.15) is 5.10 Å². The van der Waals surface area contributed by atoms with Crippen LogP contribution in [0.4, 0.5) is 5.00 Å². The molecule has 3 aromatic rings. The number of hydrogen-bond acceptors (Lipinski definition) is 7. The van der Waals surface area contributed by atoms with Gasteiger partial charge in [0.15, 0.2) is 6.10 Å². The van der Waals surface area contributed by atoms with Crippen molar-refractivity contribution in [3.05, 3.63) is 75.7 Å². The molecule has 186 valence electrons. The lowest BCUT2D eigenvalue weighted by atomic mass is 9.95. The molecule has 2 aromatic carbocycles. The number of amides is 3. The Hall–Kier alpha value is -4.18. The van der Waals surface area contributed by atoms with E-state index in [-0.39, 0.29) is 11.7 Å². The van der Waals surface area contributed by atoms with Crippen LogP contribution in [0, 0.1) is 0 Å². The lowest BCUT2D eigenvalue weighted by Crippen LogP contribution is -2.33. The Morgan fingerprint density at radius 3 is 2.47 bits per heavy atom. The quantitative estimate of drug-likeness (QED) is 0.273. The highest BCUT2D eigenvalue weighted by molar-refractivity contribution is 7.17. The van der Waals surface area contributed by atoms with Crippen molar-refractivity contribution in [1.29, 1.82) is 0 Å². The maximum atomic E-state index is 12.8. The van der Waals surface area contributed by atoms with Crippen LogP contribution in [-0.4, -0.2) is 35.1 Å². The number of nitrogens with one attached hydrogen (secondary N) is 2. The highest BCUT2D eigenvalue weighted by Gasteiger charge is 2.25. The van der Waals surface area contributed by atoms with Crippen molar-refractivity contribution in [1.82, 2.24) is 5.43 Å². The molecule has 0 bridgehead atoms. The molecule has 0 aliphatic heterocycles. The zero-order valence-electron chi connectivity index (χ0n) is 19.6. The molecule has 1 atom stereocenters. The van der Waals surface area contributed by atoms with Crippen molar-refractivity contribution in [3.63, 3.8) is 0 Å². The van der Waals surface area contributed by atoms with E-state index in [4.69, 9.17) is 10.5 Å². The molecule has 0 fully saturated rings. The SMILES string of the molecule is CC(Oc1ccc(C(=O)Nc2sc3c(c2C(N)=O)CCCC3)cc1)C(=O)N/N=C/c1ccc(O)cc1. The van der Waals surface area contributed by atoms with Crippen molar-refractivity contribution in [2.75, 3.05) is 5.32 Å². The first-order chi connectivity index (χ1) is 17.3. The fourth-order valence-corrected chi connectivity index (χ4v) is 5.14. The second-order valence-electron chi connectivity index (χ2n) is 8.34. The van der Waals surface area contributed by atoms with Gasteiger partial charge in [0.2, 0.25) is 0 Å². The van der Waals surface area contributed by atoms with E-state index in [1.807, 2.05) is 0 Å². The molecule has 1 unspecified atom stereocenters. The molecule has 3 amide bonds. The van der Waals surface area contributed by atoms with Crippen LogP contribution in [0.15, 0.2) is 53.6 Å². The maximum Gasteiger partial charge on any atom is 0.280 e. The summed E-state index contributed by atoms with van der Waals surface area (Å²) in [6.07, 6.45) is 4.35. The average molecular weight is 507 g/mol. The normalized spacial score (nSPS) is 13.6. The van der Waals surface area contributed by atoms with E-state index in [0.29, 0.717) is 27.4 Å². The van der Waals surface area contributed by atoms with E-state index in [1.54, 1.807) is 43.3 Å². The van der Waals surface area contributed by atoms with E-state index < -0.39 is 17.9 Å². The topological polar surface area (TPSA) is 143 Å². The molecule has 10 heteroatoms. The van der Waals surface area contributed by atoms with Gasteiger partial charge in [-0.1, -0.05) is 0 Å². The van der Waals surface area contributed by atoms with E-state index in [9.17, 15) is 19.5 Å². The Morgan fingerprint density at radius 2 is 1.78 bits per heavy atom. The van der Waals surface area contributed by atoms with Gasteiger partial charge in [-0.05, 0) is 92.3 Å². The number of nitrogens with two attached hydrogens (primary N) is 1. The van der Waals surface area contributed by atoms with Crippen LogP contribution in [0.5, 0.6) is 11.5 Å². The number of ether oxygens (including phenoxy) is 1. The number of primary amides is 1. The minimum absolute atomic E-state index is 0.141. The minimum Gasteiger partial charge on any atom is -0.508 e. The Kier molecular flexibility index (Phi) is 7.65. The first-order valence-corrected chi connectivity index (χ1v) is 12.3. The summed E-state index contributed by atoms with van der Waals surface area (Å²) < 4.78 is 5.64. The van der Waals surface area contributed by atoms with Crippen LogP contribution >= 0.6 is 11.3 Å². The summed E-state index contributed by atoms with van der Waals surface area (Å²) in [6.45, 7) is 1.58. The van der Waals surface area contributed by atoms with Gasteiger partial charge in [-0.25, -0.2) is 5.43 Å². The van der Waals surface area contributed by atoms with E-state index in [2.05, 4.69) is 15.8 Å². The summed E-state index contributed by atoms with van der Waals surface area (Å²) in [4.78, 5) is 38.2. The molecule has 0 saturated heterocycles. The smallest absolute Gasteiger partial charge is 0.280 e. The molecular formula is C26H26N4O5S. The maximum absolute atomic E-state index is 12.8. The number of hydrogen-bond donors (Lipinski definition) is 4. The number of rotatable bonds is 8. The molecule has 36 heavy (non-hydrogen) atoms. The molecular weight excluding hydrogens is 480 g/mol. The fraction of sp³-hybridized carbons (Fsp3) is 0.231. The molecule has 0 spiro atoms. The molecule has 1 aliphatic carbocycles. The summed E-state index contributed by atoms with van der Waals surface area (Å²) in [7, 11) is 0. The molecule has 5 N–H and O–H groups in total. The first-order valence-electron chi connectivity index (χ1n) is 11.5. The Balaban J connectivity index is 1.34.